The predicted molar refractivity (Wildman–Crippen MR) is 172 cm³/mol. The summed E-state index contributed by atoms with van der Waals surface area (Å²) in [6, 6.07) is 6.85. The van der Waals surface area contributed by atoms with Crippen LogP contribution in [0.1, 0.15) is 92.0 Å². The number of hydrogen-bond acceptors (Lipinski definition) is 7. The lowest BCUT2D eigenvalue weighted by Crippen LogP contribution is -2.56. The zero-order valence-electron chi connectivity index (χ0n) is 27.3. The van der Waals surface area contributed by atoms with Crippen molar-refractivity contribution in [3.63, 3.8) is 0 Å². The molecular weight excluding hydrogens is 556 g/mol. The maximum absolute atomic E-state index is 13.8. The quantitative estimate of drug-likeness (QED) is 0.424. The molecule has 1 aromatic heterocycles. The van der Waals surface area contributed by atoms with E-state index in [0.717, 1.165) is 86.4 Å². The molecule has 3 saturated heterocycles. The molecule has 4 heterocycles. The van der Waals surface area contributed by atoms with Crippen molar-refractivity contribution in [2.24, 2.45) is 0 Å². The lowest BCUT2D eigenvalue weighted by Gasteiger charge is -2.47. The van der Waals surface area contributed by atoms with Crippen LogP contribution in [0, 0.1) is 20.8 Å². The molecule has 240 valence electrons. The van der Waals surface area contributed by atoms with Gasteiger partial charge in [-0.25, -0.2) is 0 Å². The number of carbonyl (C=O) groups excluding carboxylic acids is 1. The first-order valence-corrected chi connectivity index (χ1v) is 16.7. The van der Waals surface area contributed by atoms with Gasteiger partial charge in [-0.3, -0.25) is 14.5 Å². The number of rotatable bonds is 9. The minimum Gasteiger partial charge on any atom is -0.490 e. The Bertz CT molecular complexity index is 1400. The lowest BCUT2D eigenvalue weighted by molar-refractivity contribution is -0.103. The number of ether oxygens (including phenoxy) is 3. The molecule has 3 aliphatic heterocycles. The average Bonchev–Trinajstić information content (AvgIpc) is 3.28. The van der Waals surface area contributed by atoms with Crippen molar-refractivity contribution in [1.29, 1.82) is 0 Å². The first-order valence-electron chi connectivity index (χ1n) is 16.7. The van der Waals surface area contributed by atoms with E-state index in [9.17, 15) is 9.59 Å². The molecule has 4 atom stereocenters. The second-order valence-electron chi connectivity index (χ2n) is 13.7. The average molecular weight is 607 g/mol. The molecule has 2 N–H and O–H groups in total. The predicted octanol–water partition coefficient (Wildman–Crippen LogP) is 4.79. The molecule has 9 heteroatoms. The fourth-order valence-electron chi connectivity index (χ4n) is 7.99. The van der Waals surface area contributed by atoms with Gasteiger partial charge in [0.05, 0.1) is 24.4 Å². The van der Waals surface area contributed by atoms with E-state index in [-0.39, 0.29) is 36.3 Å². The Morgan fingerprint density at radius 3 is 2.34 bits per heavy atom. The molecule has 2 bridgehead atoms. The number of hydrogen-bond donors (Lipinski definition) is 2. The van der Waals surface area contributed by atoms with Gasteiger partial charge in [-0.15, -0.1) is 0 Å². The Hall–Kier alpha value is -2.88. The Kier molecular flexibility index (Phi) is 9.09. The number of aryl methyl sites for hydroxylation is 2. The molecule has 1 saturated carbocycles. The van der Waals surface area contributed by atoms with Gasteiger partial charge in [0.2, 0.25) is 0 Å². The molecule has 0 spiro atoms. The third-order valence-corrected chi connectivity index (χ3v) is 10.2. The Morgan fingerprint density at radius 2 is 1.70 bits per heavy atom. The minimum absolute atomic E-state index is 0.114. The van der Waals surface area contributed by atoms with Crippen LogP contribution in [0.4, 0.5) is 5.69 Å². The van der Waals surface area contributed by atoms with Crippen molar-refractivity contribution >= 4 is 11.6 Å². The van der Waals surface area contributed by atoms with Gasteiger partial charge in [-0.05, 0) is 90.5 Å². The third-order valence-electron chi connectivity index (χ3n) is 10.2. The summed E-state index contributed by atoms with van der Waals surface area (Å²) in [7, 11) is 0. The summed E-state index contributed by atoms with van der Waals surface area (Å²) in [4.78, 5) is 34.3. The number of H-pyrrole nitrogens is 1. The van der Waals surface area contributed by atoms with E-state index in [1.807, 2.05) is 32.9 Å². The number of nitrogens with zero attached hydrogens (tertiary/aromatic N) is 2. The highest BCUT2D eigenvalue weighted by Crippen LogP contribution is 2.40. The molecule has 4 aliphatic rings. The highest BCUT2D eigenvalue weighted by Gasteiger charge is 2.40. The smallest absolute Gasteiger partial charge is 0.253 e. The van der Waals surface area contributed by atoms with Gasteiger partial charge in [-0.2, -0.15) is 0 Å². The van der Waals surface area contributed by atoms with E-state index >= 15 is 0 Å². The van der Waals surface area contributed by atoms with Crippen molar-refractivity contribution in [3.8, 4) is 5.75 Å². The number of amides is 1. The number of aromatic nitrogens is 1. The summed E-state index contributed by atoms with van der Waals surface area (Å²) in [5.74, 6) is 0.542. The summed E-state index contributed by atoms with van der Waals surface area (Å²) >= 11 is 0. The zero-order valence-corrected chi connectivity index (χ0v) is 27.3. The summed E-state index contributed by atoms with van der Waals surface area (Å²) in [6.45, 7) is 15.2. The van der Waals surface area contributed by atoms with E-state index in [1.54, 1.807) is 0 Å². The van der Waals surface area contributed by atoms with Gasteiger partial charge in [0, 0.05) is 79.7 Å². The number of nitrogens with one attached hydrogen (secondary N) is 2. The third kappa shape index (κ3) is 6.56. The molecule has 1 amide bonds. The molecule has 0 radical (unpaired) electrons. The molecule has 1 aromatic carbocycles. The number of pyridine rings is 1. The van der Waals surface area contributed by atoms with Crippen LogP contribution in [-0.4, -0.2) is 78.0 Å². The van der Waals surface area contributed by atoms with Gasteiger partial charge in [0.25, 0.3) is 11.5 Å². The maximum Gasteiger partial charge on any atom is 0.253 e. The molecular formula is C35H50N4O5. The molecule has 9 nitrogen and oxygen atoms in total. The number of benzene rings is 1. The highest BCUT2D eigenvalue weighted by atomic mass is 16.5. The number of anilines is 1. The molecule has 2 aromatic rings. The van der Waals surface area contributed by atoms with Crippen LogP contribution in [0.3, 0.4) is 0 Å². The van der Waals surface area contributed by atoms with Crippen LogP contribution >= 0.6 is 0 Å². The first-order chi connectivity index (χ1) is 21.1. The monoisotopic (exact) mass is 606 g/mol. The number of aromatic amines is 1. The largest absolute Gasteiger partial charge is 0.490 e. The summed E-state index contributed by atoms with van der Waals surface area (Å²) < 4.78 is 18.7. The SMILES string of the molecule is CCN(c1cc(OC2CC(N3C[C@@H](C)O[C@@H](C)C3)C2)cc(C(=O)NCc2c(C)cc(C)[nH]c2=O)c1C)C1CC2CCC(C1)O2. The molecule has 2 unspecified atom stereocenters. The van der Waals surface area contributed by atoms with E-state index in [4.69, 9.17) is 14.2 Å². The van der Waals surface area contributed by atoms with Crippen LogP contribution in [0.25, 0.3) is 0 Å². The van der Waals surface area contributed by atoms with Gasteiger partial charge >= 0.3 is 0 Å². The fourth-order valence-corrected chi connectivity index (χ4v) is 7.99. The van der Waals surface area contributed by atoms with Gasteiger partial charge in [0.15, 0.2) is 0 Å². The molecule has 44 heavy (non-hydrogen) atoms. The van der Waals surface area contributed by atoms with Crippen molar-refractivity contribution in [1.82, 2.24) is 15.2 Å². The topological polar surface area (TPSA) is 96.1 Å². The molecule has 1 aliphatic carbocycles. The minimum atomic E-state index is -0.195. The summed E-state index contributed by atoms with van der Waals surface area (Å²) in [5.41, 5.74) is 4.69. The van der Waals surface area contributed by atoms with Crippen LogP contribution in [0.5, 0.6) is 5.75 Å². The van der Waals surface area contributed by atoms with E-state index in [2.05, 4.69) is 46.9 Å². The van der Waals surface area contributed by atoms with Gasteiger partial charge < -0.3 is 29.4 Å². The van der Waals surface area contributed by atoms with Crippen LogP contribution in [-0.2, 0) is 16.0 Å². The number of carbonyl (C=O) groups is 1. The van der Waals surface area contributed by atoms with Crippen molar-refractivity contribution in [2.75, 3.05) is 24.5 Å². The van der Waals surface area contributed by atoms with Crippen molar-refractivity contribution < 1.29 is 19.0 Å². The number of fused-ring (bicyclic) bond motifs is 2. The molecule has 4 fully saturated rings. The van der Waals surface area contributed by atoms with E-state index in [1.165, 1.54) is 0 Å². The normalized spacial score (nSPS) is 30.1. The van der Waals surface area contributed by atoms with Crippen LogP contribution in [0.2, 0.25) is 0 Å². The fraction of sp³-hybridized carbons (Fsp3) is 0.657. The summed E-state index contributed by atoms with van der Waals surface area (Å²) in [5, 5.41) is 3.04. The second kappa shape index (κ2) is 12.9. The highest BCUT2D eigenvalue weighted by molar-refractivity contribution is 5.97. The van der Waals surface area contributed by atoms with Crippen LogP contribution in [0.15, 0.2) is 23.0 Å². The van der Waals surface area contributed by atoms with Crippen molar-refractivity contribution in [2.45, 2.75) is 129 Å². The Labute approximate surface area is 261 Å². The van der Waals surface area contributed by atoms with Gasteiger partial charge in [-0.1, -0.05) is 0 Å². The first kappa shape index (κ1) is 31.1. The van der Waals surface area contributed by atoms with E-state index < -0.39 is 0 Å². The maximum atomic E-state index is 13.8. The van der Waals surface area contributed by atoms with Crippen molar-refractivity contribution in [3.05, 3.63) is 56.5 Å². The second-order valence-corrected chi connectivity index (χ2v) is 13.7. The standard InChI is InChI=1S/C35H50N4O5/c1-7-39(26-13-27-8-9-28(14-26)43-27)33-16-30(44-29-11-25(12-29)38-18-22(4)42-23(5)19-38)15-31(24(33)6)34(40)36-17-32-20(2)10-21(3)37-35(32)41/h10,15-16,22-23,25-29H,7-9,11-14,17-19H2,1-6H3,(H,36,40)(H,37,41)/t22-,23+,25?,26?,27?,28?,29?. The number of morpholine rings is 1. The van der Waals surface area contributed by atoms with E-state index in [0.29, 0.717) is 35.4 Å². The molecule has 6 rings (SSSR count). The zero-order chi connectivity index (χ0) is 31.1. The Morgan fingerprint density at radius 1 is 1.02 bits per heavy atom. The summed E-state index contributed by atoms with van der Waals surface area (Å²) in [6.07, 6.45) is 7.49. The lowest BCUT2D eigenvalue weighted by atomic mass is 9.87. The van der Waals surface area contributed by atoms with Gasteiger partial charge in [0.1, 0.15) is 11.9 Å². The Balaban J connectivity index is 1.23. The van der Waals surface area contributed by atoms with Crippen LogP contribution < -0.4 is 20.5 Å².